The molecule has 1 spiro atoms. The molecule has 0 atom stereocenters. The maximum Gasteiger partial charge on any atom is 0.0620 e. The molecule has 0 bridgehead atoms. The van der Waals surface area contributed by atoms with Crippen LogP contribution in [0.25, 0.3) is 0 Å². The molecule has 1 aliphatic heterocycles. The Morgan fingerprint density at radius 2 is 2.07 bits per heavy atom. The standard InChI is InChI=1S/C11H19N3/c12-13-7-3-8-14-9-6-11(10-14)4-1-2-5-11/h13H,1-2,4-6,8-10,12H2. The lowest BCUT2D eigenvalue weighted by Crippen LogP contribution is -2.25. The molecule has 2 aliphatic rings. The molecule has 1 saturated carbocycles. The van der Waals surface area contributed by atoms with Gasteiger partial charge in [-0.15, -0.1) is 0 Å². The number of hydrazine groups is 1. The SMILES string of the molecule is NNC#CCN1CCC2(CCCC2)C1. The van der Waals surface area contributed by atoms with Gasteiger partial charge >= 0.3 is 0 Å². The van der Waals surface area contributed by atoms with Crippen LogP contribution in [-0.2, 0) is 0 Å². The topological polar surface area (TPSA) is 41.3 Å². The third kappa shape index (κ3) is 2.02. The summed E-state index contributed by atoms with van der Waals surface area (Å²) < 4.78 is 0. The smallest absolute Gasteiger partial charge is 0.0620 e. The average Bonchev–Trinajstić information content (AvgIpc) is 2.79. The maximum atomic E-state index is 5.09. The Hall–Kier alpha value is -0.720. The number of rotatable bonds is 1. The predicted molar refractivity (Wildman–Crippen MR) is 57.1 cm³/mol. The van der Waals surface area contributed by atoms with E-state index in [1.54, 1.807) is 0 Å². The fraction of sp³-hybridized carbons (Fsp3) is 0.818. The highest BCUT2D eigenvalue weighted by molar-refractivity contribution is 5.01. The number of nitrogens with one attached hydrogen (secondary N) is 1. The van der Waals surface area contributed by atoms with Gasteiger partial charge in [0.2, 0.25) is 0 Å². The Labute approximate surface area is 86.0 Å². The van der Waals surface area contributed by atoms with Crippen molar-refractivity contribution >= 4 is 0 Å². The molecule has 78 valence electrons. The summed E-state index contributed by atoms with van der Waals surface area (Å²) in [4.78, 5) is 2.45. The lowest BCUT2D eigenvalue weighted by molar-refractivity contribution is 0.278. The minimum Gasteiger partial charge on any atom is -0.292 e. The maximum absolute atomic E-state index is 5.09. The van der Waals surface area contributed by atoms with Crippen molar-refractivity contribution in [1.82, 2.24) is 10.3 Å². The van der Waals surface area contributed by atoms with Gasteiger partial charge in [-0.05, 0) is 31.2 Å². The molecule has 2 rings (SSSR count). The molecule has 3 heteroatoms. The second-order valence-electron chi connectivity index (χ2n) is 4.61. The average molecular weight is 193 g/mol. The van der Waals surface area contributed by atoms with Crippen molar-refractivity contribution in [2.45, 2.75) is 32.1 Å². The van der Waals surface area contributed by atoms with E-state index in [1.165, 1.54) is 45.2 Å². The molecule has 1 saturated heterocycles. The summed E-state index contributed by atoms with van der Waals surface area (Å²) in [6, 6.07) is 2.69. The van der Waals surface area contributed by atoms with Gasteiger partial charge < -0.3 is 0 Å². The molecule has 3 N–H and O–H groups in total. The lowest BCUT2D eigenvalue weighted by atomic mass is 9.86. The molecule has 0 aromatic carbocycles. The van der Waals surface area contributed by atoms with Crippen molar-refractivity contribution in [3.05, 3.63) is 0 Å². The monoisotopic (exact) mass is 193 g/mol. The minimum atomic E-state index is 0.665. The van der Waals surface area contributed by atoms with E-state index in [4.69, 9.17) is 5.84 Å². The minimum absolute atomic E-state index is 0.665. The first-order chi connectivity index (χ1) is 6.85. The normalized spacial score (nSPS) is 24.9. The predicted octanol–water partition coefficient (Wildman–Crippen LogP) is 0.677. The van der Waals surface area contributed by atoms with E-state index in [0.29, 0.717) is 5.41 Å². The molecule has 1 heterocycles. The second kappa shape index (κ2) is 4.20. The van der Waals surface area contributed by atoms with Crippen LogP contribution in [0.3, 0.4) is 0 Å². The van der Waals surface area contributed by atoms with Crippen LogP contribution in [0.1, 0.15) is 32.1 Å². The summed E-state index contributed by atoms with van der Waals surface area (Å²) in [7, 11) is 0. The number of hydrogen-bond acceptors (Lipinski definition) is 3. The Balaban J connectivity index is 1.82. The van der Waals surface area contributed by atoms with Gasteiger partial charge in [-0.2, -0.15) is 0 Å². The molecule has 1 aliphatic carbocycles. The van der Waals surface area contributed by atoms with Crippen molar-refractivity contribution in [1.29, 1.82) is 0 Å². The van der Waals surface area contributed by atoms with Crippen molar-refractivity contribution < 1.29 is 0 Å². The largest absolute Gasteiger partial charge is 0.292 e. The Bertz CT molecular complexity index is 245. The molecule has 0 unspecified atom stereocenters. The van der Waals surface area contributed by atoms with Crippen molar-refractivity contribution in [3.8, 4) is 12.0 Å². The Kier molecular flexibility index (Phi) is 2.95. The highest BCUT2D eigenvalue weighted by atomic mass is 15.2. The van der Waals surface area contributed by atoms with Crippen LogP contribution in [-0.4, -0.2) is 24.5 Å². The fourth-order valence-electron chi connectivity index (χ4n) is 2.90. The molecule has 0 amide bonds. The summed E-state index contributed by atoms with van der Waals surface area (Å²) in [5.41, 5.74) is 3.03. The van der Waals surface area contributed by atoms with Crippen LogP contribution >= 0.6 is 0 Å². The van der Waals surface area contributed by atoms with Gasteiger partial charge in [-0.25, -0.2) is 5.84 Å². The van der Waals surface area contributed by atoms with Crippen molar-refractivity contribution in [2.75, 3.05) is 19.6 Å². The van der Waals surface area contributed by atoms with Gasteiger partial charge in [0.25, 0.3) is 0 Å². The Morgan fingerprint density at radius 3 is 2.79 bits per heavy atom. The molecule has 0 aromatic heterocycles. The fourth-order valence-corrected chi connectivity index (χ4v) is 2.90. The summed E-state index contributed by atoms with van der Waals surface area (Å²) >= 11 is 0. The molecule has 14 heavy (non-hydrogen) atoms. The molecule has 0 aromatic rings. The number of nitrogens with two attached hydrogens (primary N) is 1. The first-order valence-electron chi connectivity index (χ1n) is 5.51. The first kappa shape index (κ1) is 9.82. The van der Waals surface area contributed by atoms with E-state index in [-0.39, 0.29) is 0 Å². The van der Waals surface area contributed by atoms with Crippen LogP contribution in [0.2, 0.25) is 0 Å². The summed E-state index contributed by atoms with van der Waals surface area (Å²) in [5, 5.41) is 0. The van der Waals surface area contributed by atoms with Gasteiger partial charge in [0.15, 0.2) is 0 Å². The van der Waals surface area contributed by atoms with Crippen molar-refractivity contribution in [2.24, 2.45) is 11.3 Å². The number of nitrogens with zero attached hydrogens (tertiary/aromatic N) is 1. The summed E-state index contributed by atoms with van der Waals surface area (Å²) in [6.45, 7) is 3.34. The van der Waals surface area contributed by atoms with E-state index >= 15 is 0 Å². The molecule has 0 radical (unpaired) electrons. The summed E-state index contributed by atoms with van der Waals surface area (Å²) in [5.74, 6) is 8.11. The van der Waals surface area contributed by atoms with Crippen LogP contribution in [0, 0.1) is 17.4 Å². The number of likely N-dealkylation sites (tertiary alicyclic amines) is 1. The second-order valence-corrected chi connectivity index (χ2v) is 4.61. The van der Waals surface area contributed by atoms with E-state index in [1.807, 2.05) is 0 Å². The van der Waals surface area contributed by atoms with Crippen molar-refractivity contribution in [3.63, 3.8) is 0 Å². The van der Waals surface area contributed by atoms with Gasteiger partial charge in [0.1, 0.15) is 0 Å². The zero-order valence-electron chi connectivity index (χ0n) is 8.68. The van der Waals surface area contributed by atoms with Gasteiger partial charge in [0, 0.05) is 12.6 Å². The van der Waals surface area contributed by atoms with E-state index in [9.17, 15) is 0 Å². The molecular weight excluding hydrogens is 174 g/mol. The van der Waals surface area contributed by atoms with Crippen LogP contribution in [0.4, 0.5) is 0 Å². The zero-order valence-corrected chi connectivity index (χ0v) is 8.68. The van der Waals surface area contributed by atoms with E-state index < -0.39 is 0 Å². The van der Waals surface area contributed by atoms with Gasteiger partial charge in [-0.3, -0.25) is 10.3 Å². The zero-order chi connectivity index (χ0) is 9.86. The quantitative estimate of drug-likeness (QED) is 0.278. The van der Waals surface area contributed by atoms with Gasteiger partial charge in [-0.1, -0.05) is 18.8 Å². The molecular formula is C11H19N3. The third-order valence-electron chi connectivity index (χ3n) is 3.64. The van der Waals surface area contributed by atoms with Gasteiger partial charge in [0.05, 0.1) is 6.54 Å². The Morgan fingerprint density at radius 1 is 1.29 bits per heavy atom. The molecule has 2 fully saturated rings. The first-order valence-corrected chi connectivity index (χ1v) is 5.51. The lowest BCUT2D eigenvalue weighted by Gasteiger charge is -2.22. The summed E-state index contributed by atoms with van der Waals surface area (Å²) in [6.07, 6.45) is 7.12. The van der Waals surface area contributed by atoms with E-state index in [2.05, 4.69) is 22.3 Å². The van der Waals surface area contributed by atoms with Crippen LogP contribution < -0.4 is 11.3 Å². The third-order valence-corrected chi connectivity index (χ3v) is 3.64. The highest BCUT2D eigenvalue weighted by Gasteiger charge is 2.39. The highest BCUT2D eigenvalue weighted by Crippen LogP contribution is 2.44. The molecule has 3 nitrogen and oxygen atoms in total. The van der Waals surface area contributed by atoms with Crippen LogP contribution in [0.15, 0.2) is 0 Å². The number of hydrogen-bond donors (Lipinski definition) is 2. The van der Waals surface area contributed by atoms with Crippen LogP contribution in [0.5, 0.6) is 0 Å². The van der Waals surface area contributed by atoms with E-state index in [0.717, 1.165) is 6.54 Å².